The summed E-state index contributed by atoms with van der Waals surface area (Å²) in [6.45, 7) is 6.85. The summed E-state index contributed by atoms with van der Waals surface area (Å²) in [4.78, 5) is 40.1. The molecule has 0 aromatic carbocycles. The van der Waals surface area contributed by atoms with Crippen LogP contribution >= 0.6 is 7.82 Å². The first-order chi connectivity index (χ1) is 37.9. The number of nitrogens with one attached hydrogen (secondary N) is 1. The van der Waals surface area contributed by atoms with E-state index in [4.69, 9.17) is 13.8 Å². The fourth-order valence-corrected chi connectivity index (χ4v) is 10.5. The van der Waals surface area contributed by atoms with Crippen molar-refractivity contribution in [3.63, 3.8) is 0 Å². The fourth-order valence-electron chi connectivity index (χ4n) is 9.80. The van der Waals surface area contributed by atoms with Gasteiger partial charge >= 0.3 is 5.97 Å². The highest BCUT2D eigenvalue weighted by molar-refractivity contribution is 7.45. The van der Waals surface area contributed by atoms with Gasteiger partial charge in [0.25, 0.3) is 7.82 Å². The van der Waals surface area contributed by atoms with Gasteiger partial charge in [0.05, 0.1) is 33.8 Å². The second-order valence-electron chi connectivity index (χ2n) is 24.0. The quantitative estimate of drug-likeness (QED) is 0.0161. The van der Waals surface area contributed by atoms with E-state index in [0.29, 0.717) is 17.4 Å². The van der Waals surface area contributed by atoms with Crippen LogP contribution in [-0.4, -0.2) is 69.4 Å². The highest BCUT2D eigenvalue weighted by Gasteiger charge is 2.27. The number of phosphoric acid groups is 1. The van der Waals surface area contributed by atoms with Crippen molar-refractivity contribution in [3.8, 4) is 0 Å². The number of hydrogen-bond donors (Lipinski definition) is 1. The SMILES string of the molecule is CCCCCCCC/C=C/CCCCCCCCCCCCCCCC(=O)OC(/C=C\CCCCCCCCCCCCC)C(COP(=O)([O-])OCC[N+](C)(C)C)NC(=O)CCCCC/C=C/C=C/CCCCCCCCC. The van der Waals surface area contributed by atoms with Crippen LogP contribution in [0.25, 0.3) is 0 Å². The summed E-state index contributed by atoms with van der Waals surface area (Å²) >= 11 is 0. The van der Waals surface area contributed by atoms with E-state index in [1.54, 1.807) is 0 Å². The molecule has 0 heterocycles. The molecule has 0 aliphatic rings. The van der Waals surface area contributed by atoms with Crippen LogP contribution in [0.2, 0.25) is 0 Å². The average Bonchev–Trinajstić information content (AvgIpc) is 3.40. The van der Waals surface area contributed by atoms with E-state index in [9.17, 15) is 19.0 Å². The van der Waals surface area contributed by atoms with Gasteiger partial charge in [-0.1, -0.05) is 275 Å². The van der Waals surface area contributed by atoms with E-state index in [1.807, 2.05) is 33.3 Å². The molecule has 0 aliphatic heterocycles. The van der Waals surface area contributed by atoms with Gasteiger partial charge in [0.2, 0.25) is 5.91 Å². The second-order valence-corrected chi connectivity index (χ2v) is 25.4. The lowest BCUT2D eigenvalue weighted by molar-refractivity contribution is -0.870. The molecule has 0 radical (unpaired) electrons. The minimum atomic E-state index is -4.71. The highest BCUT2D eigenvalue weighted by atomic mass is 31.2. The molecule has 9 nitrogen and oxygen atoms in total. The van der Waals surface area contributed by atoms with E-state index in [2.05, 4.69) is 62.5 Å². The van der Waals surface area contributed by atoms with Crippen molar-refractivity contribution in [2.45, 2.75) is 335 Å². The topological polar surface area (TPSA) is 114 Å². The summed E-state index contributed by atoms with van der Waals surface area (Å²) in [5.41, 5.74) is 0. The van der Waals surface area contributed by atoms with Crippen LogP contribution < -0.4 is 10.2 Å². The molecule has 0 bridgehead atoms. The van der Waals surface area contributed by atoms with Crippen molar-refractivity contribution in [2.24, 2.45) is 0 Å². The number of esters is 1. The largest absolute Gasteiger partial charge is 0.756 e. The molecule has 0 aliphatic carbocycles. The van der Waals surface area contributed by atoms with Crippen LogP contribution in [0.15, 0.2) is 48.6 Å². The van der Waals surface area contributed by atoms with Gasteiger partial charge in [-0.15, -0.1) is 0 Å². The number of nitrogens with zero attached hydrogens (tertiary/aromatic N) is 1. The minimum absolute atomic E-state index is 0.0265. The van der Waals surface area contributed by atoms with E-state index < -0.39 is 26.6 Å². The zero-order chi connectivity index (χ0) is 57.2. The Bertz CT molecular complexity index is 1470. The van der Waals surface area contributed by atoms with Crippen LogP contribution in [0, 0.1) is 0 Å². The van der Waals surface area contributed by atoms with Crippen LogP contribution in [-0.2, 0) is 27.9 Å². The highest BCUT2D eigenvalue weighted by Crippen LogP contribution is 2.38. The smallest absolute Gasteiger partial charge is 0.306 e. The second kappa shape index (κ2) is 58.2. The number of likely N-dealkylation sites (N-methyl/N-ethyl adjacent to an activating group) is 1. The Morgan fingerprint density at radius 1 is 0.449 bits per heavy atom. The van der Waals surface area contributed by atoms with Gasteiger partial charge in [0.1, 0.15) is 19.3 Å². The fraction of sp³-hybridized carbons (Fsp3) is 0.853. The predicted molar refractivity (Wildman–Crippen MR) is 335 cm³/mol. The summed E-state index contributed by atoms with van der Waals surface area (Å²) in [5, 5.41) is 3.02. The number of rotatable bonds is 61. The molecule has 0 spiro atoms. The van der Waals surface area contributed by atoms with Crippen molar-refractivity contribution < 1.29 is 37.3 Å². The number of ether oxygens (including phenoxy) is 1. The summed E-state index contributed by atoms with van der Waals surface area (Å²) in [6.07, 6.45) is 72.3. The number of phosphoric ester groups is 1. The zero-order valence-electron chi connectivity index (χ0n) is 52.4. The Morgan fingerprint density at radius 2 is 0.782 bits per heavy atom. The molecule has 1 amide bonds. The number of amides is 1. The molecule has 0 saturated heterocycles. The van der Waals surface area contributed by atoms with Crippen molar-refractivity contribution in [2.75, 3.05) is 40.9 Å². The maximum Gasteiger partial charge on any atom is 0.306 e. The van der Waals surface area contributed by atoms with Gasteiger partial charge in [-0.05, 0) is 83.1 Å². The third kappa shape index (κ3) is 58.6. The Labute approximate surface area is 484 Å². The standard InChI is InChI=1S/C68H129N2O7P/c1-7-10-13-16-19-22-25-28-30-32-33-34-35-36-37-38-40-43-46-49-52-55-58-61-68(72)77-66(59-56-53-50-47-44-41-27-24-21-18-15-12-9-3)65(64-76-78(73,74)75-63-62-70(4,5)6)69-67(71)60-57-54-51-48-45-42-39-31-29-26-23-20-17-14-11-8-2/h28,30-31,39,42,45,56,59,65-66H,7-27,29,32-38,40-41,43-44,46-55,57-58,60-64H2,1-6H3,(H-,69,71,73,74)/b30-28+,39-31+,45-42+,59-56-. The van der Waals surface area contributed by atoms with Crippen molar-refractivity contribution >= 4 is 19.7 Å². The lowest BCUT2D eigenvalue weighted by Gasteiger charge is -2.30. The lowest BCUT2D eigenvalue weighted by Crippen LogP contribution is -2.47. The van der Waals surface area contributed by atoms with E-state index in [1.165, 1.54) is 218 Å². The van der Waals surface area contributed by atoms with Crippen LogP contribution in [0.5, 0.6) is 0 Å². The van der Waals surface area contributed by atoms with Gasteiger partial charge in [-0.2, -0.15) is 0 Å². The molecule has 0 aromatic heterocycles. The first kappa shape index (κ1) is 76.0. The first-order valence-electron chi connectivity index (χ1n) is 33.5. The van der Waals surface area contributed by atoms with Crippen molar-refractivity contribution in [1.29, 1.82) is 0 Å². The molecule has 0 rings (SSSR count). The van der Waals surface area contributed by atoms with E-state index in [-0.39, 0.29) is 31.3 Å². The van der Waals surface area contributed by atoms with Gasteiger partial charge < -0.3 is 28.5 Å². The normalized spacial score (nSPS) is 13.9. The van der Waals surface area contributed by atoms with Crippen molar-refractivity contribution in [3.05, 3.63) is 48.6 Å². The van der Waals surface area contributed by atoms with Crippen LogP contribution in [0.3, 0.4) is 0 Å². The summed E-state index contributed by atoms with van der Waals surface area (Å²) in [6, 6.07) is -0.901. The minimum Gasteiger partial charge on any atom is -0.756 e. The molecule has 0 saturated carbocycles. The average molecular weight is 1120 g/mol. The summed E-state index contributed by atoms with van der Waals surface area (Å²) in [7, 11) is 1.18. The number of carbonyl (C=O) groups is 2. The molecule has 78 heavy (non-hydrogen) atoms. The van der Waals surface area contributed by atoms with Crippen molar-refractivity contribution in [1.82, 2.24) is 5.32 Å². The molecule has 3 atom stereocenters. The van der Waals surface area contributed by atoms with E-state index >= 15 is 0 Å². The summed E-state index contributed by atoms with van der Waals surface area (Å²) < 4.78 is 30.4. The monoisotopic (exact) mass is 1120 g/mol. The third-order valence-electron chi connectivity index (χ3n) is 15.0. The van der Waals surface area contributed by atoms with Crippen LogP contribution in [0.1, 0.15) is 323 Å². The summed E-state index contributed by atoms with van der Waals surface area (Å²) in [5.74, 6) is -0.560. The van der Waals surface area contributed by atoms with Gasteiger partial charge in [0, 0.05) is 12.8 Å². The predicted octanol–water partition coefficient (Wildman–Crippen LogP) is 20.2. The van der Waals surface area contributed by atoms with E-state index in [0.717, 1.165) is 64.2 Å². The number of quaternary nitrogens is 1. The van der Waals surface area contributed by atoms with Gasteiger partial charge in [0.15, 0.2) is 0 Å². The maximum atomic E-state index is 13.5. The Kier molecular flexibility index (Phi) is 56.7. The molecule has 0 aromatic rings. The molecular formula is C68H129N2O7P. The maximum absolute atomic E-state index is 13.5. The lowest BCUT2D eigenvalue weighted by atomic mass is 10.0. The Hall–Kier alpha value is -2.03. The Morgan fingerprint density at radius 3 is 1.18 bits per heavy atom. The first-order valence-corrected chi connectivity index (χ1v) is 34.9. The molecule has 458 valence electrons. The molecule has 10 heteroatoms. The molecule has 1 N–H and O–H groups in total. The zero-order valence-corrected chi connectivity index (χ0v) is 53.3. The molecule has 3 unspecified atom stereocenters. The molecule has 0 fully saturated rings. The number of unbranched alkanes of at least 4 members (excludes halogenated alkanes) is 40. The van der Waals surface area contributed by atoms with Crippen LogP contribution in [0.4, 0.5) is 0 Å². The Balaban J connectivity index is 5.18. The van der Waals surface area contributed by atoms with Gasteiger partial charge in [-0.25, -0.2) is 0 Å². The van der Waals surface area contributed by atoms with Gasteiger partial charge in [-0.3, -0.25) is 14.2 Å². The third-order valence-corrected chi connectivity index (χ3v) is 16.0. The number of hydrogen-bond acceptors (Lipinski definition) is 7. The number of carbonyl (C=O) groups excluding carboxylic acids is 2. The molecular weight excluding hydrogens is 988 g/mol. The number of allylic oxidation sites excluding steroid dienone is 7.